The zero-order valence-corrected chi connectivity index (χ0v) is 14.9. The number of benzene rings is 2. The number of hydrogen-bond donors (Lipinski definition) is 0. The molecule has 23 heavy (non-hydrogen) atoms. The summed E-state index contributed by atoms with van der Waals surface area (Å²) in [5.41, 5.74) is 0.650. The first-order valence-electron chi connectivity index (χ1n) is 6.67. The standard InChI is InChI=1S/C16H10Br2N2O3/c17-9-14-15(16(21)10-5-7-11(18)8-6-10)20(23)13-4-2-1-3-12(13)19(14)22/h1-8H,9H2. The number of fused-ring (bicyclic) bond motifs is 1. The second-order valence-electron chi connectivity index (χ2n) is 4.84. The molecule has 0 fully saturated rings. The van der Waals surface area contributed by atoms with Crippen LogP contribution >= 0.6 is 31.9 Å². The second kappa shape index (κ2) is 6.25. The SMILES string of the molecule is O=C(c1ccc(Br)cc1)c1c(CBr)[n+]([O-])c2ccccc2[n+]1[O-]. The number of aromatic nitrogens is 2. The minimum atomic E-state index is -0.489. The van der Waals surface area contributed by atoms with E-state index in [1.807, 2.05) is 0 Å². The van der Waals surface area contributed by atoms with E-state index in [0.717, 1.165) is 4.47 Å². The Morgan fingerprint density at radius 2 is 1.52 bits per heavy atom. The Hall–Kier alpha value is -1.99. The van der Waals surface area contributed by atoms with Gasteiger partial charge in [-0.2, -0.15) is 9.46 Å². The van der Waals surface area contributed by atoms with Crippen LogP contribution in [0, 0.1) is 10.4 Å². The molecule has 0 radical (unpaired) electrons. The topological polar surface area (TPSA) is 71.0 Å². The summed E-state index contributed by atoms with van der Waals surface area (Å²) in [6.45, 7) is 0. The van der Waals surface area contributed by atoms with Crippen LogP contribution in [0.4, 0.5) is 0 Å². The largest absolute Gasteiger partial charge is 0.618 e. The molecule has 7 heteroatoms. The van der Waals surface area contributed by atoms with E-state index in [2.05, 4.69) is 31.9 Å². The first kappa shape index (κ1) is 15.9. The van der Waals surface area contributed by atoms with Crippen LogP contribution in [0.15, 0.2) is 53.0 Å². The molecule has 0 N–H and O–H groups in total. The molecule has 0 saturated heterocycles. The van der Waals surface area contributed by atoms with Gasteiger partial charge in [0.2, 0.25) is 0 Å². The summed E-state index contributed by atoms with van der Waals surface area (Å²) in [5.74, 6) is -0.489. The molecule has 0 atom stereocenters. The molecule has 5 nitrogen and oxygen atoms in total. The number of ketones is 1. The van der Waals surface area contributed by atoms with E-state index in [1.54, 1.807) is 42.5 Å². The quantitative estimate of drug-likeness (QED) is 0.273. The molecule has 0 saturated carbocycles. The fourth-order valence-electron chi connectivity index (χ4n) is 2.37. The third-order valence-electron chi connectivity index (χ3n) is 3.49. The van der Waals surface area contributed by atoms with Gasteiger partial charge in [0.25, 0.3) is 22.5 Å². The number of hydrogen-bond acceptors (Lipinski definition) is 3. The van der Waals surface area contributed by atoms with Gasteiger partial charge in [-0.3, -0.25) is 4.79 Å². The van der Waals surface area contributed by atoms with E-state index >= 15 is 0 Å². The highest BCUT2D eigenvalue weighted by atomic mass is 79.9. The maximum atomic E-state index is 12.7. The molecule has 2 aromatic carbocycles. The van der Waals surface area contributed by atoms with Gasteiger partial charge in [0.1, 0.15) is 0 Å². The number of halogens is 2. The summed E-state index contributed by atoms with van der Waals surface area (Å²) < 4.78 is 1.98. The van der Waals surface area contributed by atoms with Crippen molar-refractivity contribution in [2.24, 2.45) is 0 Å². The lowest BCUT2D eigenvalue weighted by atomic mass is 10.1. The Morgan fingerprint density at radius 1 is 0.957 bits per heavy atom. The molecular weight excluding hydrogens is 428 g/mol. The zero-order valence-electron chi connectivity index (χ0n) is 11.7. The fourth-order valence-corrected chi connectivity index (χ4v) is 3.12. The molecule has 1 heterocycles. The number of carbonyl (C=O) groups excluding carboxylic acids is 1. The highest BCUT2D eigenvalue weighted by Crippen LogP contribution is 2.17. The molecule has 0 spiro atoms. The monoisotopic (exact) mass is 436 g/mol. The van der Waals surface area contributed by atoms with Gasteiger partial charge in [-0.25, -0.2) is 0 Å². The predicted octanol–water partition coefficient (Wildman–Crippen LogP) is 3.00. The van der Waals surface area contributed by atoms with Crippen LogP contribution in [0.3, 0.4) is 0 Å². The van der Waals surface area contributed by atoms with E-state index in [9.17, 15) is 15.2 Å². The van der Waals surface area contributed by atoms with Crippen molar-refractivity contribution in [2.45, 2.75) is 5.33 Å². The Labute approximate surface area is 148 Å². The number of para-hydroxylation sites is 2. The normalized spacial score (nSPS) is 10.9. The summed E-state index contributed by atoms with van der Waals surface area (Å²) in [6.07, 6.45) is 0. The molecule has 1 aromatic heterocycles. The molecule has 0 bridgehead atoms. The lowest BCUT2D eigenvalue weighted by molar-refractivity contribution is -0.635. The minimum absolute atomic E-state index is 0.0895. The van der Waals surface area contributed by atoms with Crippen molar-refractivity contribution < 1.29 is 14.3 Å². The van der Waals surface area contributed by atoms with Crippen LogP contribution in [0.5, 0.6) is 0 Å². The molecule has 3 aromatic rings. The third-order valence-corrected chi connectivity index (χ3v) is 4.55. The molecule has 3 rings (SSSR count). The number of carbonyl (C=O) groups is 1. The van der Waals surface area contributed by atoms with Crippen LogP contribution in [-0.4, -0.2) is 5.78 Å². The van der Waals surface area contributed by atoms with Crippen LogP contribution in [-0.2, 0) is 5.33 Å². The van der Waals surface area contributed by atoms with Crippen molar-refractivity contribution in [1.29, 1.82) is 0 Å². The molecule has 0 aliphatic rings. The molecule has 116 valence electrons. The van der Waals surface area contributed by atoms with Crippen LogP contribution in [0.2, 0.25) is 0 Å². The highest BCUT2D eigenvalue weighted by Gasteiger charge is 2.33. The summed E-state index contributed by atoms with van der Waals surface area (Å²) in [7, 11) is 0. The minimum Gasteiger partial charge on any atom is -0.618 e. The summed E-state index contributed by atoms with van der Waals surface area (Å²) in [6, 6.07) is 13.0. The van der Waals surface area contributed by atoms with Gasteiger partial charge in [0, 0.05) is 22.2 Å². The fraction of sp³-hybridized carbons (Fsp3) is 0.0625. The molecule has 0 aliphatic heterocycles. The molecule has 0 aliphatic carbocycles. The number of nitrogens with zero attached hydrogens (tertiary/aromatic N) is 2. The average molecular weight is 438 g/mol. The first-order chi connectivity index (χ1) is 11.0. The Balaban J connectivity index is 2.29. The van der Waals surface area contributed by atoms with E-state index in [-0.39, 0.29) is 27.8 Å². The van der Waals surface area contributed by atoms with Crippen molar-refractivity contribution in [1.82, 2.24) is 0 Å². The predicted molar refractivity (Wildman–Crippen MR) is 92.1 cm³/mol. The van der Waals surface area contributed by atoms with Crippen molar-refractivity contribution in [3.8, 4) is 0 Å². The third kappa shape index (κ3) is 2.70. The second-order valence-corrected chi connectivity index (χ2v) is 6.32. The highest BCUT2D eigenvalue weighted by molar-refractivity contribution is 9.10. The van der Waals surface area contributed by atoms with Crippen molar-refractivity contribution in [2.75, 3.05) is 0 Å². The van der Waals surface area contributed by atoms with Gasteiger partial charge in [0.15, 0.2) is 0 Å². The van der Waals surface area contributed by atoms with Crippen molar-refractivity contribution in [3.05, 3.63) is 80.4 Å². The van der Waals surface area contributed by atoms with E-state index < -0.39 is 5.78 Å². The van der Waals surface area contributed by atoms with Gasteiger partial charge in [-0.15, -0.1) is 0 Å². The van der Waals surface area contributed by atoms with Crippen LogP contribution in [0.1, 0.15) is 21.7 Å². The van der Waals surface area contributed by atoms with Gasteiger partial charge in [-0.05, 0) is 24.3 Å². The lowest BCUT2D eigenvalue weighted by Crippen LogP contribution is -2.47. The summed E-state index contributed by atoms with van der Waals surface area (Å²) >= 11 is 6.50. The Kier molecular flexibility index (Phi) is 4.32. The zero-order chi connectivity index (χ0) is 16.6. The number of alkyl halides is 1. The lowest BCUT2D eigenvalue weighted by Gasteiger charge is -2.11. The van der Waals surface area contributed by atoms with E-state index in [0.29, 0.717) is 15.0 Å². The Morgan fingerprint density at radius 3 is 2.09 bits per heavy atom. The smallest absolute Gasteiger partial charge is 0.335 e. The van der Waals surface area contributed by atoms with Gasteiger partial charge in [-0.1, -0.05) is 44.0 Å². The Bertz CT molecular complexity index is 911. The van der Waals surface area contributed by atoms with Crippen LogP contribution < -0.4 is 9.46 Å². The van der Waals surface area contributed by atoms with Gasteiger partial charge >= 0.3 is 5.69 Å². The summed E-state index contributed by atoms with van der Waals surface area (Å²) in [5, 5.41) is 25.3. The maximum Gasteiger partial charge on any atom is 0.335 e. The first-order valence-corrected chi connectivity index (χ1v) is 8.59. The van der Waals surface area contributed by atoms with Gasteiger partial charge in [0.05, 0.1) is 5.33 Å². The summed E-state index contributed by atoms with van der Waals surface area (Å²) in [4.78, 5) is 12.7. The molecular formula is C16H10Br2N2O3. The molecule has 0 amide bonds. The van der Waals surface area contributed by atoms with Crippen LogP contribution in [0.25, 0.3) is 11.0 Å². The van der Waals surface area contributed by atoms with Gasteiger partial charge < -0.3 is 10.4 Å². The van der Waals surface area contributed by atoms with E-state index in [1.165, 1.54) is 6.07 Å². The molecule has 0 unspecified atom stereocenters. The average Bonchev–Trinajstić information content (AvgIpc) is 2.58. The van der Waals surface area contributed by atoms with Crippen molar-refractivity contribution in [3.63, 3.8) is 0 Å². The number of rotatable bonds is 3. The van der Waals surface area contributed by atoms with Crippen molar-refractivity contribution >= 4 is 48.7 Å². The van der Waals surface area contributed by atoms with E-state index in [4.69, 9.17) is 0 Å². The maximum absolute atomic E-state index is 12.7.